The van der Waals surface area contributed by atoms with E-state index in [1.165, 1.54) is 7.11 Å². The van der Waals surface area contributed by atoms with Crippen LogP contribution in [0.2, 0.25) is 10.0 Å². The summed E-state index contributed by atoms with van der Waals surface area (Å²) in [6.07, 6.45) is 0.725. The van der Waals surface area contributed by atoms with Gasteiger partial charge in [-0.05, 0) is 48.9 Å². The van der Waals surface area contributed by atoms with Crippen LogP contribution in [0.4, 0.5) is 0 Å². The zero-order valence-corrected chi connectivity index (χ0v) is 17.2. The van der Waals surface area contributed by atoms with Crippen molar-refractivity contribution in [2.75, 3.05) is 20.2 Å². The third-order valence-electron chi connectivity index (χ3n) is 5.30. The molecule has 6 nitrogen and oxygen atoms in total. The van der Waals surface area contributed by atoms with Gasteiger partial charge in [0, 0.05) is 17.4 Å². The summed E-state index contributed by atoms with van der Waals surface area (Å²) in [6.45, 7) is 1.36. The Kier molecular flexibility index (Phi) is 5.25. The van der Waals surface area contributed by atoms with Crippen molar-refractivity contribution in [3.05, 3.63) is 69.3 Å². The highest BCUT2D eigenvalue weighted by molar-refractivity contribution is 6.45. The van der Waals surface area contributed by atoms with Crippen LogP contribution < -0.4 is 10.6 Å². The Labute approximate surface area is 177 Å². The molecule has 1 saturated heterocycles. The molecule has 1 fully saturated rings. The van der Waals surface area contributed by atoms with Crippen LogP contribution >= 0.6 is 23.2 Å². The Balaban J connectivity index is 1.64. The summed E-state index contributed by atoms with van der Waals surface area (Å²) in [7, 11) is 1.35. The van der Waals surface area contributed by atoms with E-state index >= 15 is 0 Å². The fourth-order valence-corrected chi connectivity index (χ4v) is 4.09. The molecule has 8 heteroatoms. The van der Waals surface area contributed by atoms with Crippen LogP contribution in [-0.2, 0) is 10.3 Å². The number of carbonyl (C=O) groups excluding carboxylic acids is 2. The first-order valence-electron chi connectivity index (χ1n) is 9.12. The average molecular weight is 432 g/mol. The summed E-state index contributed by atoms with van der Waals surface area (Å²) in [6, 6.07) is 12.3. The minimum Gasteiger partial charge on any atom is -0.465 e. The number of esters is 1. The molecule has 1 aliphatic heterocycles. The van der Waals surface area contributed by atoms with Gasteiger partial charge in [-0.1, -0.05) is 35.3 Å². The number of carbonyl (C=O) groups is 2. The molecular weight excluding hydrogens is 413 g/mol. The van der Waals surface area contributed by atoms with Crippen molar-refractivity contribution in [3.8, 4) is 0 Å². The number of hydrogen-bond donors (Lipinski definition) is 3. The first kappa shape index (κ1) is 19.8. The summed E-state index contributed by atoms with van der Waals surface area (Å²) in [4.78, 5) is 27.8. The fourth-order valence-electron chi connectivity index (χ4n) is 3.71. The molecule has 0 bridgehead atoms. The number of aromatic amines is 1. The third kappa shape index (κ3) is 3.59. The molecule has 3 aromatic rings. The summed E-state index contributed by atoms with van der Waals surface area (Å²) in [5.41, 5.74) is 1.95. The van der Waals surface area contributed by atoms with E-state index in [2.05, 4.69) is 15.6 Å². The van der Waals surface area contributed by atoms with E-state index in [9.17, 15) is 9.59 Å². The van der Waals surface area contributed by atoms with Crippen LogP contribution in [0.5, 0.6) is 0 Å². The maximum Gasteiger partial charge on any atom is 0.337 e. The second-order valence-electron chi connectivity index (χ2n) is 7.04. The van der Waals surface area contributed by atoms with E-state index in [0.717, 1.165) is 24.0 Å². The minimum atomic E-state index is -0.579. The van der Waals surface area contributed by atoms with E-state index in [1.54, 1.807) is 30.3 Å². The lowest BCUT2D eigenvalue weighted by Gasteiger charge is -2.30. The first-order valence-corrected chi connectivity index (χ1v) is 9.88. The number of rotatable bonds is 4. The Morgan fingerprint density at radius 1 is 1.14 bits per heavy atom. The van der Waals surface area contributed by atoms with E-state index < -0.39 is 11.5 Å². The van der Waals surface area contributed by atoms with Gasteiger partial charge in [0.05, 0.1) is 28.3 Å². The van der Waals surface area contributed by atoms with E-state index in [1.807, 2.05) is 12.1 Å². The molecule has 1 aromatic heterocycles. The fraction of sp³-hybridized carbons (Fsp3) is 0.238. The van der Waals surface area contributed by atoms with Gasteiger partial charge in [0.1, 0.15) is 5.69 Å². The predicted octanol–water partition coefficient (Wildman–Crippen LogP) is 3.88. The van der Waals surface area contributed by atoms with Crippen LogP contribution in [0.3, 0.4) is 0 Å². The lowest BCUT2D eigenvalue weighted by Crippen LogP contribution is -2.47. The molecule has 0 aliphatic carbocycles. The van der Waals surface area contributed by atoms with Crippen LogP contribution in [0.25, 0.3) is 10.9 Å². The number of nitrogens with one attached hydrogen (secondary N) is 3. The number of fused-ring (bicyclic) bond motifs is 1. The SMILES string of the molecule is COC(=O)c1ccc(C2(NC(=O)c3cc4c(Cl)c(Cl)ccc4[nH]3)CCNC2)cc1. The quantitative estimate of drug-likeness (QED) is 0.547. The number of benzene rings is 2. The first-order chi connectivity index (χ1) is 13.9. The molecule has 1 aliphatic rings. The van der Waals surface area contributed by atoms with Gasteiger partial charge in [-0.15, -0.1) is 0 Å². The van der Waals surface area contributed by atoms with Crippen molar-refractivity contribution in [3.63, 3.8) is 0 Å². The topological polar surface area (TPSA) is 83.2 Å². The molecule has 150 valence electrons. The molecule has 1 unspecified atom stereocenters. The smallest absolute Gasteiger partial charge is 0.337 e. The monoisotopic (exact) mass is 431 g/mol. The second-order valence-corrected chi connectivity index (χ2v) is 7.82. The van der Waals surface area contributed by atoms with Gasteiger partial charge in [-0.2, -0.15) is 0 Å². The lowest BCUT2D eigenvalue weighted by atomic mass is 9.88. The number of halogens is 2. The normalized spacial score (nSPS) is 18.7. The van der Waals surface area contributed by atoms with Crippen LogP contribution in [0, 0.1) is 0 Å². The molecule has 2 heterocycles. The maximum absolute atomic E-state index is 13.0. The highest BCUT2D eigenvalue weighted by Gasteiger charge is 2.37. The highest BCUT2D eigenvalue weighted by Crippen LogP contribution is 2.32. The number of hydrogen-bond acceptors (Lipinski definition) is 4. The van der Waals surface area contributed by atoms with E-state index in [4.69, 9.17) is 27.9 Å². The van der Waals surface area contributed by atoms with Gasteiger partial charge in [0.15, 0.2) is 0 Å². The van der Waals surface area contributed by atoms with Crippen molar-refractivity contribution in [2.24, 2.45) is 0 Å². The van der Waals surface area contributed by atoms with Crippen molar-refractivity contribution in [1.29, 1.82) is 0 Å². The van der Waals surface area contributed by atoms with Gasteiger partial charge >= 0.3 is 5.97 Å². The number of aromatic nitrogens is 1. The van der Waals surface area contributed by atoms with Gasteiger partial charge in [-0.25, -0.2) is 4.79 Å². The van der Waals surface area contributed by atoms with Gasteiger partial charge < -0.3 is 20.4 Å². The number of ether oxygens (including phenoxy) is 1. The average Bonchev–Trinajstić information content (AvgIpc) is 3.38. The molecule has 2 aromatic carbocycles. The molecular formula is C21H19Cl2N3O3. The number of amides is 1. The van der Waals surface area contributed by atoms with Crippen LogP contribution in [0.1, 0.15) is 32.8 Å². The Hall–Kier alpha value is -2.54. The summed E-state index contributed by atoms with van der Waals surface area (Å²) in [5.74, 6) is -0.637. The molecule has 29 heavy (non-hydrogen) atoms. The van der Waals surface area contributed by atoms with E-state index in [-0.39, 0.29) is 5.91 Å². The van der Waals surface area contributed by atoms with Gasteiger partial charge in [0.25, 0.3) is 5.91 Å². The Morgan fingerprint density at radius 3 is 2.55 bits per heavy atom. The van der Waals surface area contributed by atoms with Crippen LogP contribution in [-0.4, -0.2) is 37.1 Å². The molecule has 0 spiro atoms. The van der Waals surface area contributed by atoms with Crippen molar-refractivity contribution >= 4 is 46.0 Å². The summed E-state index contributed by atoms with van der Waals surface area (Å²) < 4.78 is 4.75. The Bertz CT molecular complexity index is 1090. The lowest BCUT2D eigenvalue weighted by molar-refractivity contribution is 0.0600. The van der Waals surface area contributed by atoms with E-state index in [0.29, 0.717) is 33.2 Å². The van der Waals surface area contributed by atoms with Crippen molar-refractivity contribution in [1.82, 2.24) is 15.6 Å². The largest absolute Gasteiger partial charge is 0.465 e. The summed E-state index contributed by atoms with van der Waals surface area (Å²) >= 11 is 12.3. The molecule has 1 atom stereocenters. The maximum atomic E-state index is 13.0. The van der Waals surface area contributed by atoms with Gasteiger partial charge in [0.2, 0.25) is 0 Å². The molecule has 0 saturated carbocycles. The molecule has 3 N–H and O–H groups in total. The standard InChI is InChI=1S/C21H19Cl2N3O3/c1-29-20(28)12-2-4-13(5-3-12)21(8-9-24-11-21)26-19(27)17-10-14-16(25-17)7-6-15(22)18(14)23/h2-7,10,24-25H,8-9,11H2,1H3,(H,26,27). The van der Waals surface area contributed by atoms with Gasteiger partial charge in [-0.3, -0.25) is 4.79 Å². The van der Waals surface area contributed by atoms with Crippen molar-refractivity contribution in [2.45, 2.75) is 12.0 Å². The molecule has 1 amide bonds. The predicted molar refractivity (Wildman–Crippen MR) is 113 cm³/mol. The second kappa shape index (κ2) is 7.71. The number of H-pyrrole nitrogens is 1. The Morgan fingerprint density at radius 2 is 1.90 bits per heavy atom. The zero-order chi connectivity index (χ0) is 20.6. The highest BCUT2D eigenvalue weighted by atomic mass is 35.5. The third-order valence-corrected chi connectivity index (χ3v) is 6.12. The number of methoxy groups -OCH3 is 1. The summed E-state index contributed by atoms with van der Waals surface area (Å²) in [5, 5.41) is 8.01. The molecule has 0 radical (unpaired) electrons. The van der Waals surface area contributed by atoms with Crippen LogP contribution in [0.15, 0.2) is 42.5 Å². The zero-order valence-electron chi connectivity index (χ0n) is 15.6. The minimum absolute atomic E-state index is 0.242. The van der Waals surface area contributed by atoms with Crippen molar-refractivity contribution < 1.29 is 14.3 Å². The molecule has 4 rings (SSSR count).